The van der Waals surface area contributed by atoms with Crippen LogP contribution in [0.4, 0.5) is 0 Å². The maximum absolute atomic E-state index is 7.06. The minimum Gasteiger partial charge on any atom is -0.456 e. The molecule has 0 amide bonds. The zero-order valence-electron chi connectivity index (χ0n) is 31.4. The van der Waals surface area contributed by atoms with Gasteiger partial charge >= 0.3 is 0 Å². The average molecular weight is 755 g/mol. The van der Waals surface area contributed by atoms with E-state index in [-0.39, 0.29) is 0 Å². The third-order valence-corrected chi connectivity index (χ3v) is 11.8. The minimum atomic E-state index is 0.558. The van der Waals surface area contributed by atoms with Crippen molar-refractivity contribution >= 4 is 87.2 Å². The lowest BCUT2D eigenvalue weighted by molar-refractivity contribution is 0.669. The molecule has 59 heavy (non-hydrogen) atoms. The number of furan rings is 2. The zero-order chi connectivity index (χ0) is 38.6. The first-order chi connectivity index (χ1) is 29.2. The van der Waals surface area contributed by atoms with Crippen LogP contribution in [0.5, 0.6) is 0 Å². The lowest BCUT2D eigenvalue weighted by atomic mass is 10.0. The van der Waals surface area contributed by atoms with Crippen LogP contribution in [0.25, 0.3) is 127 Å². The average Bonchev–Trinajstić information content (AvgIpc) is 3.97. The SMILES string of the molecule is c1ccc(-c2nc(-c3ccc4c(c3)oc3ccccc34)nc(-c3cc(-n4c5ccccc5c5cc6ccccc6cc54)c4oc5c6ccccc6ccc5c4c3)n2)cc1. The van der Waals surface area contributed by atoms with Crippen LogP contribution in [0.3, 0.4) is 0 Å². The topological polar surface area (TPSA) is 69.9 Å². The van der Waals surface area contributed by atoms with E-state index in [1.165, 1.54) is 21.5 Å². The third-order valence-electron chi connectivity index (χ3n) is 11.8. The molecule has 9 aromatic carbocycles. The van der Waals surface area contributed by atoms with E-state index >= 15 is 0 Å². The number of fused-ring (bicyclic) bond motifs is 12. The van der Waals surface area contributed by atoms with Crippen LogP contribution < -0.4 is 0 Å². The van der Waals surface area contributed by atoms with Crippen molar-refractivity contribution < 1.29 is 8.83 Å². The number of hydrogen-bond acceptors (Lipinski definition) is 5. The molecule has 0 aliphatic heterocycles. The van der Waals surface area contributed by atoms with Gasteiger partial charge in [-0.25, -0.2) is 15.0 Å². The van der Waals surface area contributed by atoms with E-state index in [4.69, 9.17) is 23.8 Å². The minimum absolute atomic E-state index is 0.558. The van der Waals surface area contributed by atoms with Gasteiger partial charge in [-0.15, -0.1) is 0 Å². The van der Waals surface area contributed by atoms with Crippen molar-refractivity contribution in [3.63, 3.8) is 0 Å². The first kappa shape index (κ1) is 32.0. The molecule has 4 aromatic heterocycles. The van der Waals surface area contributed by atoms with E-state index < -0.39 is 0 Å². The highest BCUT2D eigenvalue weighted by atomic mass is 16.3. The van der Waals surface area contributed by atoms with Crippen molar-refractivity contribution in [2.24, 2.45) is 0 Å². The van der Waals surface area contributed by atoms with Crippen LogP contribution in [0.1, 0.15) is 0 Å². The molecule has 13 rings (SSSR count). The molecule has 6 nitrogen and oxygen atoms in total. The summed E-state index contributed by atoms with van der Waals surface area (Å²) in [7, 11) is 0. The number of nitrogens with zero attached hydrogens (tertiary/aromatic N) is 4. The number of para-hydroxylation sites is 2. The van der Waals surface area contributed by atoms with Crippen LogP contribution in [-0.4, -0.2) is 19.5 Å². The van der Waals surface area contributed by atoms with Gasteiger partial charge in [0.2, 0.25) is 0 Å². The van der Waals surface area contributed by atoms with Crippen LogP contribution in [0.2, 0.25) is 0 Å². The quantitative estimate of drug-likeness (QED) is 0.179. The van der Waals surface area contributed by atoms with Crippen molar-refractivity contribution in [3.8, 4) is 39.9 Å². The Kier molecular flexibility index (Phi) is 6.63. The Bertz CT molecular complexity index is 3860. The summed E-state index contributed by atoms with van der Waals surface area (Å²) in [6.07, 6.45) is 0. The van der Waals surface area contributed by atoms with Crippen molar-refractivity contribution in [3.05, 3.63) is 182 Å². The molecule has 0 bridgehead atoms. The maximum Gasteiger partial charge on any atom is 0.164 e. The number of aromatic nitrogens is 4. The maximum atomic E-state index is 7.06. The molecule has 274 valence electrons. The standard InChI is InChI=1S/C53H30N4O2/c1-2-13-32(14-3-1)51-54-52(35-23-24-40-39-19-9-11-21-47(39)58-48(40)30-35)56-53(55-51)36-27-43-41-25-22-31-12-6-7-17-37(31)49(41)59-50(43)46(29-36)57-44-20-10-8-18-38(44)42-26-33-15-4-5-16-34(33)28-45(42)57/h1-30H. The van der Waals surface area contributed by atoms with Crippen molar-refractivity contribution in [2.45, 2.75) is 0 Å². The Hall–Kier alpha value is -8.09. The highest BCUT2D eigenvalue weighted by Gasteiger charge is 2.23. The molecular weight excluding hydrogens is 725 g/mol. The summed E-state index contributed by atoms with van der Waals surface area (Å²) in [6.45, 7) is 0. The molecule has 4 heterocycles. The van der Waals surface area contributed by atoms with Gasteiger partial charge in [0, 0.05) is 54.4 Å². The van der Waals surface area contributed by atoms with Gasteiger partial charge in [0.05, 0.1) is 16.7 Å². The van der Waals surface area contributed by atoms with Gasteiger partial charge in [-0.2, -0.15) is 0 Å². The fraction of sp³-hybridized carbons (Fsp3) is 0. The molecular formula is C53H30N4O2. The Morgan fingerprint density at radius 3 is 1.81 bits per heavy atom. The van der Waals surface area contributed by atoms with Crippen LogP contribution in [0, 0.1) is 0 Å². The molecule has 0 aliphatic carbocycles. The zero-order valence-corrected chi connectivity index (χ0v) is 31.4. The predicted octanol–water partition coefficient (Wildman–Crippen LogP) is 14.1. The van der Waals surface area contributed by atoms with Gasteiger partial charge in [-0.05, 0) is 70.8 Å². The summed E-state index contributed by atoms with van der Waals surface area (Å²) < 4.78 is 15.7. The van der Waals surface area contributed by atoms with Crippen LogP contribution in [-0.2, 0) is 0 Å². The second-order valence-electron chi connectivity index (χ2n) is 15.2. The normalized spacial score (nSPS) is 12.1. The molecule has 13 aromatic rings. The number of benzene rings is 9. The van der Waals surface area contributed by atoms with Gasteiger partial charge in [-0.3, -0.25) is 0 Å². The van der Waals surface area contributed by atoms with E-state index in [0.717, 1.165) is 88.1 Å². The molecule has 6 heteroatoms. The molecule has 0 fully saturated rings. The molecule has 0 aliphatic rings. The first-order valence-corrected chi connectivity index (χ1v) is 19.8. The molecule has 0 spiro atoms. The van der Waals surface area contributed by atoms with Crippen molar-refractivity contribution in [1.82, 2.24) is 19.5 Å². The Balaban J connectivity index is 1.13. The first-order valence-electron chi connectivity index (χ1n) is 19.8. The summed E-state index contributed by atoms with van der Waals surface area (Å²) in [5.74, 6) is 1.70. The van der Waals surface area contributed by atoms with Gasteiger partial charge in [0.25, 0.3) is 0 Å². The largest absolute Gasteiger partial charge is 0.456 e. The Morgan fingerprint density at radius 1 is 0.322 bits per heavy atom. The van der Waals surface area contributed by atoms with Crippen molar-refractivity contribution in [1.29, 1.82) is 0 Å². The second-order valence-corrected chi connectivity index (χ2v) is 15.2. The fourth-order valence-corrected chi connectivity index (χ4v) is 9.01. The van der Waals surface area contributed by atoms with E-state index in [1.807, 2.05) is 54.6 Å². The molecule has 0 unspecified atom stereocenters. The predicted molar refractivity (Wildman–Crippen MR) is 240 cm³/mol. The van der Waals surface area contributed by atoms with E-state index in [0.29, 0.717) is 17.5 Å². The fourth-order valence-electron chi connectivity index (χ4n) is 9.01. The van der Waals surface area contributed by atoms with Gasteiger partial charge in [-0.1, -0.05) is 127 Å². The smallest absolute Gasteiger partial charge is 0.164 e. The summed E-state index contributed by atoms with van der Waals surface area (Å²) in [5, 5.41) is 11.0. The van der Waals surface area contributed by atoms with Gasteiger partial charge < -0.3 is 13.4 Å². The highest BCUT2D eigenvalue weighted by Crippen LogP contribution is 2.43. The van der Waals surface area contributed by atoms with Gasteiger partial charge in [0.1, 0.15) is 16.7 Å². The van der Waals surface area contributed by atoms with Crippen LogP contribution >= 0.6 is 0 Å². The summed E-state index contributed by atoms with van der Waals surface area (Å²) in [4.78, 5) is 15.6. The molecule has 0 saturated carbocycles. The monoisotopic (exact) mass is 754 g/mol. The summed E-state index contributed by atoms with van der Waals surface area (Å²) in [6, 6.07) is 63.3. The van der Waals surface area contributed by atoms with E-state index in [1.54, 1.807) is 0 Å². The summed E-state index contributed by atoms with van der Waals surface area (Å²) in [5.41, 5.74) is 8.95. The molecule has 0 N–H and O–H groups in total. The number of rotatable bonds is 4. The van der Waals surface area contributed by atoms with E-state index in [2.05, 4.69) is 132 Å². The third kappa shape index (κ3) is 4.84. The highest BCUT2D eigenvalue weighted by molar-refractivity contribution is 6.19. The molecule has 0 atom stereocenters. The van der Waals surface area contributed by atoms with Crippen LogP contribution in [0.15, 0.2) is 191 Å². The summed E-state index contributed by atoms with van der Waals surface area (Å²) >= 11 is 0. The number of hydrogen-bond donors (Lipinski definition) is 0. The lowest BCUT2D eigenvalue weighted by Crippen LogP contribution is -2.01. The molecule has 0 saturated heterocycles. The van der Waals surface area contributed by atoms with Gasteiger partial charge in [0.15, 0.2) is 23.1 Å². The Labute approximate surface area is 336 Å². The van der Waals surface area contributed by atoms with E-state index in [9.17, 15) is 0 Å². The second kappa shape index (κ2) is 12.2. The molecule has 0 radical (unpaired) electrons. The Morgan fingerprint density at radius 2 is 0.966 bits per heavy atom. The van der Waals surface area contributed by atoms with Crippen molar-refractivity contribution in [2.75, 3.05) is 0 Å². The lowest BCUT2D eigenvalue weighted by Gasteiger charge is -2.13.